The first-order valence-electron chi connectivity index (χ1n) is 13.7. The number of hydrogen-bond donors (Lipinski definition) is 1. The molecule has 1 aliphatic heterocycles. The van der Waals surface area contributed by atoms with Gasteiger partial charge in [-0.05, 0) is 43.7 Å². The lowest BCUT2D eigenvalue weighted by molar-refractivity contribution is 0.0317. The van der Waals surface area contributed by atoms with E-state index < -0.39 is 0 Å². The molecular formula is C28H44N6O2. The number of fused-ring (bicyclic) bond motifs is 1. The highest BCUT2D eigenvalue weighted by Gasteiger charge is 2.19. The molecule has 1 aromatic carbocycles. The second-order valence-electron chi connectivity index (χ2n) is 8.95. The van der Waals surface area contributed by atoms with Crippen LogP contribution in [0.1, 0.15) is 63.6 Å². The lowest BCUT2D eigenvalue weighted by Crippen LogP contribution is -2.38. The van der Waals surface area contributed by atoms with Gasteiger partial charge in [-0.15, -0.1) is 0 Å². The second kappa shape index (κ2) is 14.8. The largest absolute Gasteiger partial charge is 0.462 e. The van der Waals surface area contributed by atoms with Crippen LogP contribution in [0.2, 0.25) is 0 Å². The summed E-state index contributed by atoms with van der Waals surface area (Å²) in [6.07, 6.45) is 4.08. The van der Waals surface area contributed by atoms with E-state index in [1.807, 2.05) is 19.9 Å². The van der Waals surface area contributed by atoms with Crippen molar-refractivity contribution in [1.82, 2.24) is 14.9 Å². The number of nitrogens with zero attached hydrogens (tertiary/aromatic N) is 5. The SMILES string of the molecule is CC.CCCN(CCC)c1cc(N/N=C2\CCc3c(C)cccc32)nc(OCCN2CCOCC2)n1. The molecule has 1 saturated heterocycles. The Bertz CT molecular complexity index is 969. The van der Waals surface area contributed by atoms with Gasteiger partial charge in [0.25, 0.3) is 0 Å². The zero-order valence-corrected chi connectivity index (χ0v) is 22.8. The molecule has 8 nitrogen and oxygen atoms in total. The summed E-state index contributed by atoms with van der Waals surface area (Å²) in [5.41, 5.74) is 8.25. The predicted molar refractivity (Wildman–Crippen MR) is 149 cm³/mol. The van der Waals surface area contributed by atoms with Gasteiger partial charge in [0.2, 0.25) is 0 Å². The molecule has 0 radical (unpaired) electrons. The van der Waals surface area contributed by atoms with Gasteiger partial charge in [-0.3, -0.25) is 10.3 Å². The van der Waals surface area contributed by atoms with Crippen molar-refractivity contribution in [2.75, 3.05) is 62.9 Å². The lowest BCUT2D eigenvalue weighted by Gasteiger charge is -2.26. The molecule has 0 bridgehead atoms. The van der Waals surface area contributed by atoms with Crippen LogP contribution < -0.4 is 15.1 Å². The van der Waals surface area contributed by atoms with Crippen LogP contribution in [-0.2, 0) is 11.2 Å². The molecule has 1 N–H and O–H groups in total. The van der Waals surface area contributed by atoms with Gasteiger partial charge >= 0.3 is 6.01 Å². The molecule has 8 heteroatoms. The second-order valence-corrected chi connectivity index (χ2v) is 8.95. The fourth-order valence-electron chi connectivity index (χ4n) is 4.59. The monoisotopic (exact) mass is 496 g/mol. The molecule has 2 aliphatic rings. The van der Waals surface area contributed by atoms with Crippen LogP contribution in [0.3, 0.4) is 0 Å². The molecule has 0 spiro atoms. The van der Waals surface area contributed by atoms with E-state index in [4.69, 9.17) is 19.6 Å². The van der Waals surface area contributed by atoms with Crippen LogP contribution in [0.25, 0.3) is 0 Å². The van der Waals surface area contributed by atoms with Crippen molar-refractivity contribution in [2.45, 2.75) is 60.3 Å². The molecule has 0 saturated carbocycles. The smallest absolute Gasteiger partial charge is 0.320 e. The number of aromatic nitrogens is 2. The van der Waals surface area contributed by atoms with Gasteiger partial charge in [0.05, 0.1) is 18.9 Å². The van der Waals surface area contributed by atoms with Gasteiger partial charge in [-0.1, -0.05) is 45.9 Å². The van der Waals surface area contributed by atoms with Gasteiger partial charge in [-0.2, -0.15) is 15.1 Å². The Hall–Kier alpha value is -2.71. The third-order valence-electron chi connectivity index (χ3n) is 6.38. The van der Waals surface area contributed by atoms with Gasteiger partial charge < -0.3 is 14.4 Å². The molecule has 198 valence electrons. The average molecular weight is 497 g/mol. The Morgan fingerprint density at radius 3 is 2.56 bits per heavy atom. The Kier molecular flexibility index (Phi) is 11.4. The highest BCUT2D eigenvalue weighted by atomic mass is 16.5. The number of morpholine rings is 1. The van der Waals surface area contributed by atoms with E-state index in [9.17, 15) is 0 Å². The topological polar surface area (TPSA) is 75.1 Å². The lowest BCUT2D eigenvalue weighted by atomic mass is 10.0. The summed E-state index contributed by atoms with van der Waals surface area (Å²) in [6.45, 7) is 17.3. The summed E-state index contributed by atoms with van der Waals surface area (Å²) in [7, 11) is 0. The third-order valence-corrected chi connectivity index (χ3v) is 6.38. The molecule has 1 aromatic heterocycles. The Morgan fingerprint density at radius 2 is 1.83 bits per heavy atom. The number of benzene rings is 1. The zero-order chi connectivity index (χ0) is 25.8. The van der Waals surface area contributed by atoms with Gasteiger partial charge in [0, 0.05) is 44.4 Å². The highest BCUT2D eigenvalue weighted by Crippen LogP contribution is 2.26. The Labute approximate surface area is 217 Å². The zero-order valence-electron chi connectivity index (χ0n) is 22.8. The first-order valence-corrected chi connectivity index (χ1v) is 13.7. The summed E-state index contributed by atoms with van der Waals surface area (Å²) in [4.78, 5) is 14.0. The molecule has 2 aromatic rings. The molecule has 1 fully saturated rings. The van der Waals surface area contributed by atoms with Crippen molar-refractivity contribution in [3.8, 4) is 6.01 Å². The number of aryl methyl sites for hydroxylation is 1. The summed E-state index contributed by atoms with van der Waals surface area (Å²) in [5.74, 6) is 1.54. The van der Waals surface area contributed by atoms with Gasteiger partial charge in [-0.25, -0.2) is 0 Å². The summed E-state index contributed by atoms with van der Waals surface area (Å²) in [6, 6.07) is 8.81. The first kappa shape index (κ1) is 27.9. The molecule has 0 amide bonds. The Balaban J connectivity index is 0.00000176. The minimum Gasteiger partial charge on any atom is -0.462 e. The van der Waals surface area contributed by atoms with E-state index in [1.54, 1.807) is 0 Å². The Morgan fingerprint density at radius 1 is 1.08 bits per heavy atom. The van der Waals surface area contributed by atoms with Crippen LogP contribution in [0.15, 0.2) is 29.4 Å². The minimum atomic E-state index is 0.397. The number of anilines is 2. The number of rotatable bonds is 11. The van der Waals surface area contributed by atoms with Crippen LogP contribution in [0.4, 0.5) is 11.6 Å². The van der Waals surface area contributed by atoms with Crippen LogP contribution >= 0.6 is 0 Å². The van der Waals surface area contributed by atoms with Gasteiger partial charge in [0.15, 0.2) is 5.82 Å². The van der Waals surface area contributed by atoms with Crippen molar-refractivity contribution >= 4 is 17.3 Å². The van der Waals surface area contributed by atoms with Gasteiger partial charge in [0.1, 0.15) is 12.4 Å². The van der Waals surface area contributed by atoms with E-state index in [0.29, 0.717) is 18.4 Å². The molecule has 0 unspecified atom stereocenters. The quantitative estimate of drug-likeness (QED) is 0.443. The standard InChI is InChI=1S/C26H38N6O2.C2H6/c1-4-11-32(12-5-2)25-19-24(27-26(28-25)34-18-15-31-13-16-33-17-14-31)30-29-23-10-9-21-20(3)7-6-8-22(21)23;1-2/h6-8,19H,4-5,9-18H2,1-3H3,(H,27,28,30);1-2H3/b29-23+;. The van der Waals surface area contributed by atoms with Crippen molar-refractivity contribution in [3.05, 3.63) is 41.0 Å². The minimum absolute atomic E-state index is 0.397. The maximum atomic E-state index is 6.02. The maximum Gasteiger partial charge on any atom is 0.320 e. The predicted octanol–water partition coefficient (Wildman–Crippen LogP) is 4.91. The van der Waals surface area contributed by atoms with Crippen LogP contribution in [0.5, 0.6) is 6.01 Å². The van der Waals surface area contributed by atoms with Crippen molar-refractivity contribution < 1.29 is 9.47 Å². The maximum absolute atomic E-state index is 6.02. The van der Waals surface area contributed by atoms with E-state index in [2.05, 4.69) is 59.2 Å². The fourth-order valence-corrected chi connectivity index (χ4v) is 4.59. The highest BCUT2D eigenvalue weighted by molar-refractivity contribution is 6.05. The first-order chi connectivity index (χ1) is 17.7. The summed E-state index contributed by atoms with van der Waals surface area (Å²) in [5, 5.41) is 4.74. The molecular weight excluding hydrogens is 452 g/mol. The van der Waals surface area contributed by atoms with Crippen molar-refractivity contribution in [3.63, 3.8) is 0 Å². The van der Waals surface area contributed by atoms with E-state index in [1.165, 1.54) is 16.7 Å². The fraction of sp³-hybridized carbons (Fsp3) is 0.607. The number of hydrogen-bond acceptors (Lipinski definition) is 8. The van der Waals surface area contributed by atoms with Crippen molar-refractivity contribution in [2.24, 2.45) is 5.10 Å². The molecule has 4 rings (SSSR count). The van der Waals surface area contributed by atoms with Crippen molar-refractivity contribution in [1.29, 1.82) is 0 Å². The summed E-state index contributed by atoms with van der Waals surface area (Å²) >= 11 is 0. The number of ether oxygens (including phenoxy) is 2. The van der Waals surface area contributed by atoms with E-state index in [-0.39, 0.29) is 0 Å². The molecule has 36 heavy (non-hydrogen) atoms. The van der Waals surface area contributed by atoms with E-state index in [0.717, 1.165) is 83.2 Å². The normalized spacial score (nSPS) is 16.3. The molecule has 0 atom stereocenters. The molecule has 2 heterocycles. The van der Waals surface area contributed by atoms with E-state index >= 15 is 0 Å². The average Bonchev–Trinajstić information content (AvgIpc) is 3.33. The van der Waals surface area contributed by atoms with Crippen LogP contribution in [-0.4, -0.2) is 73.1 Å². The number of hydrazone groups is 1. The van der Waals surface area contributed by atoms with Crippen LogP contribution in [0, 0.1) is 6.92 Å². The number of nitrogens with one attached hydrogen (secondary N) is 1. The summed E-state index contributed by atoms with van der Waals surface area (Å²) < 4.78 is 11.5. The third kappa shape index (κ3) is 7.64. The molecule has 1 aliphatic carbocycles.